The van der Waals surface area contributed by atoms with Gasteiger partial charge in [-0.2, -0.15) is 0 Å². The number of halogens is 2. The molecule has 5 nitrogen and oxygen atoms in total. The fourth-order valence-electron chi connectivity index (χ4n) is 1.53. The first kappa shape index (κ1) is 14.0. The van der Waals surface area contributed by atoms with Crippen LogP contribution in [0.3, 0.4) is 0 Å². The Labute approximate surface area is 113 Å². The third-order valence-corrected chi connectivity index (χ3v) is 2.50. The number of furan rings is 1. The highest BCUT2D eigenvalue weighted by Crippen LogP contribution is 2.15. The third-order valence-electron chi connectivity index (χ3n) is 2.50. The number of rotatable bonds is 4. The molecule has 0 fully saturated rings. The fraction of sp³-hybridized carbons (Fsp3) is 0.154. The largest absolute Gasteiger partial charge is 0.467 e. The van der Waals surface area contributed by atoms with Gasteiger partial charge in [-0.15, -0.1) is 0 Å². The molecule has 0 bridgehead atoms. The summed E-state index contributed by atoms with van der Waals surface area (Å²) in [7, 11) is 0. The van der Waals surface area contributed by atoms with Crippen LogP contribution in [-0.4, -0.2) is 17.7 Å². The van der Waals surface area contributed by atoms with E-state index < -0.39 is 23.8 Å². The zero-order valence-corrected chi connectivity index (χ0v) is 10.3. The Morgan fingerprint density at radius 1 is 1.35 bits per heavy atom. The highest BCUT2D eigenvalue weighted by Gasteiger charge is 2.13. The van der Waals surface area contributed by atoms with Crippen molar-refractivity contribution in [2.24, 2.45) is 0 Å². The summed E-state index contributed by atoms with van der Waals surface area (Å²) in [5.41, 5.74) is -0.282. The van der Waals surface area contributed by atoms with Gasteiger partial charge in [0.25, 0.3) is 0 Å². The van der Waals surface area contributed by atoms with Gasteiger partial charge in [0.2, 0.25) is 0 Å². The second kappa shape index (κ2) is 6.16. The molecule has 2 aromatic rings. The van der Waals surface area contributed by atoms with E-state index in [1.807, 2.05) is 0 Å². The van der Waals surface area contributed by atoms with E-state index in [0.29, 0.717) is 5.76 Å². The van der Waals surface area contributed by atoms with Crippen LogP contribution in [0.2, 0.25) is 0 Å². The van der Waals surface area contributed by atoms with Crippen molar-refractivity contribution in [3.05, 3.63) is 54.0 Å². The molecule has 0 saturated carbocycles. The summed E-state index contributed by atoms with van der Waals surface area (Å²) in [6.45, 7) is -0.129. The van der Waals surface area contributed by atoms with Gasteiger partial charge in [0.05, 0.1) is 18.5 Å². The molecular weight excluding hydrogens is 270 g/mol. The van der Waals surface area contributed by atoms with Crippen LogP contribution in [0.15, 0.2) is 41.0 Å². The molecule has 1 heterocycles. The predicted octanol–water partition coefficient (Wildman–Crippen LogP) is 2.41. The van der Waals surface area contributed by atoms with E-state index in [0.717, 1.165) is 18.2 Å². The number of carbonyl (C=O) groups is 1. The molecule has 3 N–H and O–H groups in total. The molecule has 0 aliphatic carbocycles. The second-order valence-corrected chi connectivity index (χ2v) is 3.99. The SMILES string of the molecule is O=C(NCC(O)c1ccco1)Nc1cc(F)ccc1F. The maximum absolute atomic E-state index is 13.3. The maximum atomic E-state index is 13.3. The van der Waals surface area contributed by atoms with E-state index in [4.69, 9.17) is 4.42 Å². The molecular formula is C13H12F2N2O3. The Kier molecular flexibility index (Phi) is 4.31. The van der Waals surface area contributed by atoms with Gasteiger partial charge in [0.1, 0.15) is 23.5 Å². The first-order chi connectivity index (χ1) is 9.56. The monoisotopic (exact) mass is 282 g/mol. The Hall–Kier alpha value is -2.41. The van der Waals surface area contributed by atoms with Gasteiger partial charge >= 0.3 is 6.03 Å². The van der Waals surface area contributed by atoms with Crippen LogP contribution in [0.25, 0.3) is 0 Å². The van der Waals surface area contributed by atoms with E-state index in [9.17, 15) is 18.7 Å². The molecule has 0 spiro atoms. The Morgan fingerprint density at radius 3 is 2.85 bits per heavy atom. The number of carbonyl (C=O) groups excluding carboxylic acids is 1. The Balaban J connectivity index is 1.88. The summed E-state index contributed by atoms with van der Waals surface area (Å²) >= 11 is 0. The smallest absolute Gasteiger partial charge is 0.319 e. The molecule has 1 atom stereocenters. The lowest BCUT2D eigenvalue weighted by Gasteiger charge is -2.11. The van der Waals surface area contributed by atoms with E-state index in [1.54, 1.807) is 12.1 Å². The number of anilines is 1. The van der Waals surface area contributed by atoms with Crippen molar-refractivity contribution < 1.29 is 23.1 Å². The number of amides is 2. The lowest BCUT2D eigenvalue weighted by molar-refractivity contribution is 0.149. The second-order valence-electron chi connectivity index (χ2n) is 3.99. The summed E-state index contributed by atoms with van der Waals surface area (Å²) in [6.07, 6.45) is 0.369. The standard InChI is InChI=1S/C13H12F2N2O3/c14-8-3-4-9(15)10(6-8)17-13(19)16-7-11(18)12-2-1-5-20-12/h1-6,11,18H,7H2,(H2,16,17,19). The first-order valence-electron chi connectivity index (χ1n) is 5.77. The predicted molar refractivity (Wildman–Crippen MR) is 67.0 cm³/mol. The molecule has 7 heteroatoms. The van der Waals surface area contributed by atoms with Crippen LogP contribution in [-0.2, 0) is 0 Å². The normalized spacial score (nSPS) is 11.9. The summed E-state index contributed by atoms with van der Waals surface area (Å²) in [5.74, 6) is -1.13. The zero-order chi connectivity index (χ0) is 14.5. The van der Waals surface area contributed by atoms with Crippen LogP contribution in [0.4, 0.5) is 19.3 Å². The zero-order valence-electron chi connectivity index (χ0n) is 10.3. The molecule has 1 unspecified atom stereocenters. The van der Waals surface area contributed by atoms with Gasteiger partial charge < -0.3 is 20.2 Å². The van der Waals surface area contributed by atoms with Crippen molar-refractivity contribution in [3.63, 3.8) is 0 Å². The average molecular weight is 282 g/mol. The minimum absolute atomic E-state index is 0.129. The minimum atomic E-state index is -1.02. The average Bonchev–Trinajstić information content (AvgIpc) is 2.94. The molecule has 0 aliphatic rings. The molecule has 0 saturated heterocycles. The van der Waals surface area contributed by atoms with Gasteiger partial charge in [0, 0.05) is 6.07 Å². The number of aliphatic hydroxyl groups is 1. The van der Waals surface area contributed by atoms with E-state index in [2.05, 4.69) is 10.6 Å². The highest BCUT2D eigenvalue weighted by atomic mass is 19.1. The van der Waals surface area contributed by atoms with Crippen molar-refractivity contribution >= 4 is 11.7 Å². The molecule has 0 aliphatic heterocycles. The van der Waals surface area contributed by atoms with Crippen molar-refractivity contribution in [1.29, 1.82) is 0 Å². The highest BCUT2D eigenvalue weighted by molar-refractivity contribution is 5.89. The van der Waals surface area contributed by atoms with Gasteiger partial charge in [0.15, 0.2) is 0 Å². The Morgan fingerprint density at radius 2 is 2.15 bits per heavy atom. The number of hydrogen-bond donors (Lipinski definition) is 3. The summed E-state index contributed by atoms with van der Waals surface area (Å²) in [5, 5.41) is 14.1. The van der Waals surface area contributed by atoms with Crippen LogP contribution in [0.1, 0.15) is 11.9 Å². The van der Waals surface area contributed by atoms with Gasteiger partial charge in [-0.05, 0) is 24.3 Å². The van der Waals surface area contributed by atoms with Crippen LogP contribution < -0.4 is 10.6 Å². The lowest BCUT2D eigenvalue weighted by Crippen LogP contribution is -2.32. The summed E-state index contributed by atoms with van der Waals surface area (Å²) in [4.78, 5) is 11.5. The van der Waals surface area contributed by atoms with E-state index in [-0.39, 0.29) is 12.2 Å². The minimum Gasteiger partial charge on any atom is -0.467 e. The molecule has 2 rings (SSSR count). The molecule has 1 aromatic heterocycles. The number of benzene rings is 1. The lowest BCUT2D eigenvalue weighted by atomic mass is 10.3. The van der Waals surface area contributed by atoms with Crippen LogP contribution in [0.5, 0.6) is 0 Å². The van der Waals surface area contributed by atoms with Crippen molar-refractivity contribution in [2.75, 3.05) is 11.9 Å². The van der Waals surface area contributed by atoms with Crippen molar-refractivity contribution in [1.82, 2.24) is 5.32 Å². The first-order valence-corrected chi connectivity index (χ1v) is 5.77. The van der Waals surface area contributed by atoms with E-state index >= 15 is 0 Å². The topological polar surface area (TPSA) is 74.5 Å². The summed E-state index contributed by atoms with van der Waals surface area (Å²) < 4.78 is 31.1. The van der Waals surface area contributed by atoms with Gasteiger partial charge in [-0.1, -0.05) is 0 Å². The molecule has 2 amide bonds. The van der Waals surface area contributed by atoms with E-state index in [1.165, 1.54) is 6.26 Å². The number of aliphatic hydroxyl groups excluding tert-OH is 1. The third kappa shape index (κ3) is 3.55. The molecule has 106 valence electrons. The maximum Gasteiger partial charge on any atom is 0.319 e. The number of nitrogens with one attached hydrogen (secondary N) is 2. The number of urea groups is 1. The quantitative estimate of drug-likeness (QED) is 0.806. The fourth-order valence-corrected chi connectivity index (χ4v) is 1.53. The van der Waals surface area contributed by atoms with Crippen molar-refractivity contribution in [2.45, 2.75) is 6.10 Å². The molecule has 20 heavy (non-hydrogen) atoms. The van der Waals surface area contributed by atoms with Crippen LogP contribution in [0, 0.1) is 11.6 Å². The van der Waals surface area contributed by atoms with Crippen molar-refractivity contribution in [3.8, 4) is 0 Å². The molecule has 1 aromatic carbocycles. The number of hydrogen-bond acceptors (Lipinski definition) is 3. The van der Waals surface area contributed by atoms with Gasteiger partial charge in [-0.25, -0.2) is 13.6 Å². The van der Waals surface area contributed by atoms with Crippen LogP contribution >= 0.6 is 0 Å². The summed E-state index contributed by atoms with van der Waals surface area (Å²) in [6, 6.07) is 5.09. The Bertz CT molecular complexity index is 587. The molecule has 0 radical (unpaired) electrons. The van der Waals surface area contributed by atoms with Gasteiger partial charge in [-0.3, -0.25) is 0 Å².